The molecule has 0 atom stereocenters. The van der Waals surface area contributed by atoms with Crippen LogP contribution < -0.4 is 5.32 Å². The fraction of sp³-hybridized carbons (Fsp3) is 0.647. The van der Waals surface area contributed by atoms with Crippen LogP contribution in [0.4, 0.5) is 5.69 Å². The molecule has 1 N–H and O–H groups in total. The third-order valence-electron chi connectivity index (χ3n) is 4.32. The van der Waals surface area contributed by atoms with Crippen molar-refractivity contribution in [2.75, 3.05) is 38.2 Å². The first-order valence-electron chi connectivity index (χ1n) is 8.35. The predicted molar refractivity (Wildman–Crippen MR) is 87.3 cm³/mol. The summed E-state index contributed by atoms with van der Waals surface area (Å²) in [5.74, 6) is 0.0970. The number of hydrogen-bond donors (Lipinski definition) is 1. The summed E-state index contributed by atoms with van der Waals surface area (Å²) < 4.78 is 11.4. The number of ether oxygens (including phenoxy) is 2. The monoisotopic (exact) mass is 319 g/mol. The van der Waals surface area contributed by atoms with Crippen LogP contribution in [0.1, 0.15) is 37.2 Å². The van der Waals surface area contributed by atoms with Gasteiger partial charge in [-0.3, -0.25) is 4.79 Å². The smallest absolute Gasteiger partial charge is 0.272 e. The highest BCUT2D eigenvalue weighted by Crippen LogP contribution is 2.31. The molecule has 3 heterocycles. The fourth-order valence-electron chi connectivity index (χ4n) is 2.95. The van der Waals surface area contributed by atoms with Crippen LogP contribution in [0.25, 0.3) is 0 Å². The van der Waals surface area contributed by atoms with Crippen LogP contribution in [0.5, 0.6) is 0 Å². The standard InChI is InChI=1S/C17H25N3O3/c1-13(2)11-18-14-3-4-15(19-12-14)16(21)20-7-5-17(6-8-20)22-9-10-23-17/h3-4,12-13,18H,5-11H2,1-2H3. The van der Waals surface area contributed by atoms with Crippen molar-refractivity contribution in [3.63, 3.8) is 0 Å². The molecule has 0 unspecified atom stereocenters. The Morgan fingerprint density at radius 1 is 1.30 bits per heavy atom. The minimum absolute atomic E-state index is 0.0201. The largest absolute Gasteiger partial charge is 0.384 e. The molecule has 6 nitrogen and oxygen atoms in total. The number of pyridine rings is 1. The van der Waals surface area contributed by atoms with E-state index >= 15 is 0 Å². The van der Waals surface area contributed by atoms with Gasteiger partial charge in [0.2, 0.25) is 0 Å². The maximum atomic E-state index is 12.5. The van der Waals surface area contributed by atoms with E-state index in [0.29, 0.717) is 37.9 Å². The zero-order valence-electron chi connectivity index (χ0n) is 13.9. The molecule has 2 aliphatic heterocycles. The Kier molecular flexibility index (Phi) is 4.82. The lowest BCUT2D eigenvalue weighted by Gasteiger charge is -2.37. The summed E-state index contributed by atoms with van der Waals surface area (Å²) in [6, 6.07) is 3.70. The van der Waals surface area contributed by atoms with Crippen LogP contribution in [-0.2, 0) is 9.47 Å². The van der Waals surface area contributed by atoms with Crippen LogP contribution >= 0.6 is 0 Å². The van der Waals surface area contributed by atoms with Crippen molar-refractivity contribution in [3.8, 4) is 0 Å². The molecule has 0 aromatic carbocycles. The van der Waals surface area contributed by atoms with E-state index in [9.17, 15) is 4.79 Å². The second kappa shape index (κ2) is 6.84. The summed E-state index contributed by atoms with van der Waals surface area (Å²) in [6.45, 7) is 7.80. The van der Waals surface area contributed by atoms with Gasteiger partial charge >= 0.3 is 0 Å². The molecule has 3 rings (SSSR count). The minimum Gasteiger partial charge on any atom is -0.384 e. The van der Waals surface area contributed by atoms with Gasteiger partial charge in [-0.2, -0.15) is 0 Å². The van der Waals surface area contributed by atoms with Crippen molar-refractivity contribution in [2.45, 2.75) is 32.5 Å². The van der Waals surface area contributed by atoms with E-state index in [4.69, 9.17) is 9.47 Å². The van der Waals surface area contributed by atoms with Gasteiger partial charge < -0.3 is 19.7 Å². The minimum atomic E-state index is -0.450. The van der Waals surface area contributed by atoms with E-state index < -0.39 is 5.79 Å². The topological polar surface area (TPSA) is 63.7 Å². The Morgan fingerprint density at radius 2 is 2.00 bits per heavy atom. The molecule has 126 valence electrons. The molecule has 1 aromatic heterocycles. The van der Waals surface area contributed by atoms with Crippen LogP contribution in [0, 0.1) is 5.92 Å². The lowest BCUT2D eigenvalue weighted by molar-refractivity contribution is -0.181. The molecule has 1 amide bonds. The molecule has 2 fully saturated rings. The van der Waals surface area contributed by atoms with E-state index in [2.05, 4.69) is 24.1 Å². The normalized spacial score (nSPS) is 20.2. The lowest BCUT2D eigenvalue weighted by Crippen LogP contribution is -2.47. The molecule has 2 saturated heterocycles. The van der Waals surface area contributed by atoms with E-state index in [1.54, 1.807) is 12.3 Å². The van der Waals surface area contributed by atoms with E-state index in [-0.39, 0.29) is 5.91 Å². The van der Waals surface area contributed by atoms with Crippen molar-refractivity contribution in [1.82, 2.24) is 9.88 Å². The Bertz CT molecular complexity index is 529. The molecule has 0 saturated carbocycles. The highest BCUT2D eigenvalue weighted by molar-refractivity contribution is 5.92. The van der Waals surface area contributed by atoms with Gasteiger partial charge in [-0.25, -0.2) is 4.98 Å². The molecule has 0 aliphatic carbocycles. The summed E-state index contributed by atoms with van der Waals surface area (Å²) in [6.07, 6.45) is 3.18. The van der Waals surface area contributed by atoms with Crippen LogP contribution in [0.2, 0.25) is 0 Å². The van der Waals surface area contributed by atoms with Gasteiger partial charge in [-0.05, 0) is 18.1 Å². The molecular weight excluding hydrogens is 294 g/mol. The van der Waals surface area contributed by atoms with Gasteiger partial charge in [-0.1, -0.05) is 13.8 Å². The number of amides is 1. The molecule has 1 aromatic rings. The first-order valence-corrected chi connectivity index (χ1v) is 8.35. The maximum Gasteiger partial charge on any atom is 0.272 e. The first-order chi connectivity index (χ1) is 11.1. The summed E-state index contributed by atoms with van der Waals surface area (Å²) in [5, 5.41) is 3.30. The number of nitrogens with one attached hydrogen (secondary N) is 1. The second-order valence-corrected chi connectivity index (χ2v) is 6.61. The number of nitrogens with zero attached hydrogens (tertiary/aromatic N) is 2. The molecule has 0 radical (unpaired) electrons. The highest BCUT2D eigenvalue weighted by atomic mass is 16.7. The number of aromatic nitrogens is 1. The average Bonchev–Trinajstić information content (AvgIpc) is 3.02. The Labute approximate surface area is 137 Å². The molecule has 6 heteroatoms. The Morgan fingerprint density at radius 3 is 2.57 bits per heavy atom. The second-order valence-electron chi connectivity index (χ2n) is 6.61. The van der Waals surface area contributed by atoms with Crippen LogP contribution in [-0.4, -0.2) is 54.4 Å². The summed E-state index contributed by atoms with van der Waals surface area (Å²) in [7, 11) is 0. The summed E-state index contributed by atoms with van der Waals surface area (Å²) in [4.78, 5) is 18.7. The lowest BCUT2D eigenvalue weighted by atomic mass is 10.0. The molecule has 1 spiro atoms. The van der Waals surface area contributed by atoms with Crippen LogP contribution in [0.3, 0.4) is 0 Å². The van der Waals surface area contributed by atoms with E-state index in [1.807, 2.05) is 11.0 Å². The van der Waals surface area contributed by atoms with Gasteiger partial charge in [0.25, 0.3) is 5.91 Å². The van der Waals surface area contributed by atoms with Crippen molar-refractivity contribution in [3.05, 3.63) is 24.0 Å². The predicted octanol–water partition coefficient (Wildman–Crippen LogP) is 2.13. The Balaban J connectivity index is 1.56. The van der Waals surface area contributed by atoms with Crippen molar-refractivity contribution in [2.24, 2.45) is 5.92 Å². The highest BCUT2D eigenvalue weighted by Gasteiger charge is 2.40. The number of hydrogen-bond acceptors (Lipinski definition) is 5. The number of rotatable bonds is 4. The molecule has 2 aliphatic rings. The zero-order valence-corrected chi connectivity index (χ0v) is 13.9. The quantitative estimate of drug-likeness (QED) is 0.921. The van der Waals surface area contributed by atoms with Gasteiger partial charge in [0, 0.05) is 32.5 Å². The number of anilines is 1. The summed E-state index contributed by atoms with van der Waals surface area (Å²) in [5.41, 5.74) is 1.44. The van der Waals surface area contributed by atoms with Crippen LogP contribution in [0.15, 0.2) is 18.3 Å². The number of piperidine rings is 1. The van der Waals surface area contributed by atoms with Gasteiger partial charge in [-0.15, -0.1) is 0 Å². The van der Waals surface area contributed by atoms with E-state index in [0.717, 1.165) is 25.1 Å². The average molecular weight is 319 g/mol. The number of carbonyl (C=O) groups excluding carboxylic acids is 1. The van der Waals surface area contributed by atoms with Gasteiger partial charge in [0.05, 0.1) is 25.1 Å². The van der Waals surface area contributed by atoms with Gasteiger partial charge in [0.15, 0.2) is 5.79 Å². The van der Waals surface area contributed by atoms with Crippen molar-refractivity contribution < 1.29 is 14.3 Å². The molecule has 0 bridgehead atoms. The zero-order chi connectivity index (χ0) is 16.3. The maximum absolute atomic E-state index is 12.5. The van der Waals surface area contributed by atoms with Crippen molar-refractivity contribution >= 4 is 11.6 Å². The van der Waals surface area contributed by atoms with Crippen molar-refractivity contribution in [1.29, 1.82) is 0 Å². The third-order valence-corrected chi connectivity index (χ3v) is 4.32. The molecule has 23 heavy (non-hydrogen) atoms. The SMILES string of the molecule is CC(C)CNc1ccc(C(=O)N2CCC3(CC2)OCCO3)nc1. The molecular formula is C17H25N3O3. The summed E-state index contributed by atoms with van der Waals surface area (Å²) >= 11 is 0. The van der Waals surface area contributed by atoms with E-state index in [1.165, 1.54) is 0 Å². The van der Waals surface area contributed by atoms with Gasteiger partial charge in [0.1, 0.15) is 5.69 Å². The first kappa shape index (κ1) is 16.2. The number of likely N-dealkylation sites (tertiary alicyclic amines) is 1. The number of carbonyl (C=O) groups is 1. The fourth-order valence-corrected chi connectivity index (χ4v) is 2.95. The third kappa shape index (κ3) is 3.82. The Hall–Kier alpha value is -1.66.